The van der Waals surface area contributed by atoms with Gasteiger partial charge in [0.05, 0.1) is 13.5 Å². The lowest BCUT2D eigenvalue weighted by molar-refractivity contribution is -0.147. The van der Waals surface area contributed by atoms with Gasteiger partial charge in [-0.15, -0.1) is 0 Å². The van der Waals surface area contributed by atoms with Crippen molar-refractivity contribution in [3.8, 4) is 5.75 Å². The molecule has 1 amide bonds. The second kappa shape index (κ2) is 7.47. The number of ether oxygens (including phenoxy) is 2. The zero-order chi connectivity index (χ0) is 15.1. The Morgan fingerprint density at radius 3 is 2.67 bits per heavy atom. The first kappa shape index (κ1) is 15.1. The number of carbonyl (C=O) groups is 2. The van der Waals surface area contributed by atoms with Crippen molar-refractivity contribution in [3.05, 3.63) is 36.4 Å². The van der Waals surface area contributed by atoms with Crippen molar-refractivity contribution in [2.24, 2.45) is 5.92 Å². The molecule has 1 atom stereocenters. The molecule has 0 unspecified atom stereocenters. The fraction of sp³-hybridized carbons (Fsp3) is 0.375. The van der Waals surface area contributed by atoms with Gasteiger partial charge in [0.25, 0.3) is 5.91 Å². The van der Waals surface area contributed by atoms with Gasteiger partial charge in [0.1, 0.15) is 5.75 Å². The molecule has 5 nitrogen and oxygen atoms in total. The van der Waals surface area contributed by atoms with E-state index in [1.807, 2.05) is 6.08 Å². The molecule has 1 aromatic rings. The highest BCUT2D eigenvalue weighted by Gasteiger charge is 2.15. The zero-order valence-electron chi connectivity index (χ0n) is 12.0. The smallest absolute Gasteiger partial charge is 0.306 e. The molecular formula is C16H19NO4. The van der Waals surface area contributed by atoms with Crippen molar-refractivity contribution in [3.63, 3.8) is 0 Å². The van der Waals surface area contributed by atoms with Crippen molar-refractivity contribution >= 4 is 17.6 Å². The number of benzene rings is 1. The Morgan fingerprint density at radius 2 is 2.05 bits per heavy atom. The lowest BCUT2D eigenvalue weighted by atomic mass is 10.1. The van der Waals surface area contributed by atoms with Crippen molar-refractivity contribution in [1.29, 1.82) is 0 Å². The van der Waals surface area contributed by atoms with Gasteiger partial charge in [-0.3, -0.25) is 9.59 Å². The van der Waals surface area contributed by atoms with Crippen LogP contribution in [0.4, 0.5) is 5.69 Å². The normalized spacial score (nSPS) is 16.5. The van der Waals surface area contributed by atoms with E-state index in [0.717, 1.165) is 12.8 Å². The SMILES string of the molecule is COc1ccc(NC(=O)COC(=O)C[C@@H]2C=CCC2)cc1. The molecule has 0 saturated heterocycles. The van der Waals surface area contributed by atoms with E-state index in [1.165, 1.54) is 0 Å². The summed E-state index contributed by atoms with van der Waals surface area (Å²) in [7, 11) is 1.58. The quantitative estimate of drug-likeness (QED) is 0.645. The molecule has 21 heavy (non-hydrogen) atoms. The molecule has 2 rings (SSSR count). The van der Waals surface area contributed by atoms with Gasteiger partial charge >= 0.3 is 5.97 Å². The molecule has 0 aromatic heterocycles. The van der Waals surface area contributed by atoms with Gasteiger partial charge in [-0.05, 0) is 43.0 Å². The molecular weight excluding hydrogens is 270 g/mol. The van der Waals surface area contributed by atoms with Crippen molar-refractivity contribution < 1.29 is 19.1 Å². The van der Waals surface area contributed by atoms with E-state index in [-0.39, 0.29) is 24.4 Å². The number of hydrogen-bond donors (Lipinski definition) is 1. The largest absolute Gasteiger partial charge is 0.497 e. The third-order valence-electron chi connectivity index (χ3n) is 3.28. The maximum Gasteiger partial charge on any atom is 0.306 e. The van der Waals surface area contributed by atoms with E-state index in [1.54, 1.807) is 31.4 Å². The second-order valence-corrected chi connectivity index (χ2v) is 4.91. The zero-order valence-corrected chi connectivity index (χ0v) is 12.0. The van der Waals surface area contributed by atoms with Gasteiger partial charge in [-0.1, -0.05) is 12.2 Å². The highest BCUT2D eigenvalue weighted by Crippen LogP contribution is 2.20. The van der Waals surface area contributed by atoms with Crippen LogP contribution in [0.1, 0.15) is 19.3 Å². The number of amides is 1. The Kier molecular flexibility index (Phi) is 5.37. The van der Waals surface area contributed by atoms with Gasteiger partial charge in [0.15, 0.2) is 6.61 Å². The van der Waals surface area contributed by atoms with Crippen molar-refractivity contribution in [2.45, 2.75) is 19.3 Å². The number of nitrogens with one attached hydrogen (secondary N) is 1. The summed E-state index contributed by atoms with van der Waals surface area (Å²) in [6.45, 7) is -0.263. The number of hydrogen-bond acceptors (Lipinski definition) is 4. The van der Waals surface area contributed by atoms with Crippen LogP contribution >= 0.6 is 0 Å². The summed E-state index contributed by atoms with van der Waals surface area (Å²) in [6.07, 6.45) is 6.42. The molecule has 1 aliphatic carbocycles. The molecule has 1 aromatic carbocycles. The predicted octanol–water partition coefficient (Wildman–Crippen LogP) is 2.53. The first-order chi connectivity index (χ1) is 10.2. The van der Waals surface area contributed by atoms with E-state index in [9.17, 15) is 9.59 Å². The van der Waals surface area contributed by atoms with E-state index in [0.29, 0.717) is 17.9 Å². The van der Waals surface area contributed by atoms with Gasteiger partial charge in [-0.25, -0.2) is 0 Å². The fourth-order valence-corrected chi connectivity index (χ4v) is 2.16. The van der Waals surface area contributed by atoms with E-state index < -0.39 is 0 Å². The van der Waals surface area contributed by atoms with Crippen LogP contribution in [0, 0.1) is 5.92 Å². The number of rotatable bonds is 6. The minimum Gasteiger partial charge on any atom is -0.497 e. The van der Waals surface area contributed by atoms with Crippen LogP contribution in [-0.4, -0.2) is 25.6 Å². The van der Waals surface area contributed by atoms with E-state index >= 15 is 0 Å². The van der Waals surface area contributed by atoms with Crippen LogP contribution in [0.3, 0.4) is 0 Å². The first-order valence-electron chi connectivity index (χ1n) is 6.93. The second-order valence-electron chi connectivity index (χ2n) is 4.91. The first-order valence-corrected chi connectivity index (χ1v) is 6.93. The number of allylic oxidation sites excluding steroid dienone is 2. The summed E-state index contributed by atoms with van der Waals surface area (Å²) in [6, 6.07) is 6.94. The minimum absolute atomic E-state index is 0.252. The van der Waals surface area contributed by atoms with Gasteiger partial charge in [0, 0.05) is 5.69 Å². The monoisotopic (exact) mass is 289 g/mol. The Bertz CT molecular complexity index is 522. The number of anilines is 1. The van der Waals surface area contributed by atoms with Crippen LogP contribution in [-0.2, 0) is 14.3 Å². The molecule has 1 N–H and O–H groups in total. The third-order valence-corrected chi connectivity index (χ3v) is 3.28. The Balaban J connectivity index is 1.71. The summed E-state index contributed by atoms with van der Waals surface area (Å²) in [4.78, 5) is 23.3. The fourth-order valence-electron chi connectivity index (χ4n) is 2.16. The topological polar surface area (TPSA) is 64.6 Å². The van der Waals surface area contributed by atoms with Crippen LogP contribution in [0.2, 0.25) is 0 Å². The number of methoxy groups -OCH3 is 1. The van der Waals surface area contributed by atoms with Gasteiger partial charge in [-0.2, -0.15) is 0 Å². The van der Waals surface area contributed by atoms with Gasteiger partial charge in [0.2, 0.25) is 0 Å². The molecule has 0 heterocycles. The van der Waals surface area contributed by atoms with E-state index in [2.05, 4.69) is 11.4 Å². The van der Waals surface area contributed by atoms with E-state index in [4.69, 9.17) is 9.47 Å². The molecule has 0 radical (unpaired) electrons. The predicted molar refractivity (Wildman–Crippen MR) is 79.1 cm³/mol. The van der Waals surface area contributed by atoms with Crippen LogP contribution < -0.4 is 10.1 Å². The summed E-state index contributed by atoms with van der Waals surface area (Å²) < 4.78 is 10.0. The van der Waals surface area contributed by atoms with Crippen molar-refractivity contribution in [1.82, 2.24) is 0 Å². The average Bonchev–Trinajstić information content (AvgIpc) is 2.99. The summed E-state index contributed by atoms with van der Waals surface area (Å²) >= 11 is 0. The molecule has 0 fully saturated rings. The molecule has 112 valence electrons. The Morgan fingerprint density at radius 1 is 1.29 bits per heavy atom. The molecule has 1 aliphatic rings. The Hall–Kier alpha value is -2.30. The average molecular weight is 289 g/mol. The number of esters is 1. The molecule has 0 bridgehead atoms. The molecule has 0 spiro atoms. The van der Waals surface area contributed by atoms with Crippen LogP contribution in [0.15, 0.2) is 36.4 Å². The maximum atomic E-state index is 11.7. The lowest BCUT2D eigenvalue weighted by Gasteiger charge is -2.09. The highest BCUT2D eigenvalue weighted by atomic mass is 16.5. The third kappa shape index (κ3) is 4.95. The highest BCUT2D eigenvalue weighted by molar-refractivity contribution is 5.92. The molecule has 0 aliphatic heterocycles. The number of carbonyl (C=O) groups excluding carboxylic acids is 2. The molecule has 5 heteroatoms. The summed E-state index contributed by atoms with van der Waals surface area (Å²) in [5.74, 6) is 0.276. The van der Waals surface area contributed by atoms with Gasteiger partial charge < -0.3 is 14.8 Å². The van der Waals surface area contributed by atoms with Crippen molar-refractivity contribution in [2.75, 3.05) is 19.0 Å². The Labute approximate surface area is 123 Å². The summed E-state index contributed by atoms with van der Waals surface area (Å²) in [5.41, 5.74) is 0.635. The maximum absolute atomic E-state index is 11.7. The molecule has 0 saturated carbocycles. The van der Waals surface area contributed by atoms with Crippen LogP contribution in [0.5, 0.6) is 5.75 Å². The standard InChI is InChI=1S/C16H19NO4/c1-20-14-8-6-13(7-9-14)17-15(18)11-21-16(19)10-12-4-2-3-5-12/h2,4,6-9,12H,3,5,10-11H2,1H3,(H,17,18)/t12-/m1/s1. The summed E-state index contributed by atoms with van der Waals surface area (Å²) in [5, 5.41) is 2.66. The lowest BCUT2D eigenvalue weighted by Crippen LogP contribution is -2.21. The van der Waals surface area contributed by atoms with Crippen LogP contribution in [0.25, 0.3) is 0 Å². The minimum atomic E-state index is -0.351.